The first-order valence-electron chi connectivity index (χ1n) is 8.88. The summed E-state index contributed by atoms with van der Waals surface area (Å²) in [6.45, 7) is 3.18. The van der Waals surface area contributed by atoms with E-state index in [1.54, 1.807) is 30.8 Å². The monoisotopic (exact) mass is 434 g/mol. The van der Waals surface area contributed by atoms with Crippen LogP contribution in [0.4, 0.5) is 10.9 Å². The van der Waals surface area contributed by atoms with Gasteiger partial charge in [0.1, 0.15) is 11.9 Å². The standard InChI is InChI=1S/C19H22N4O4S2/c1-11(25)9-28-13-6-17(27-16-4-3-5-20-12(16)2)18(21-7-13)23-19-22-14(10-29-19)15(26)8-24/h3-7,10-11,15,24-26H,8-9H2,1-2H3,(H,21,22,23). The van der Waals surface area contributed by atoms with E-state index in [4.69, 9.17) is 9.84 Å². The summed E-state index contributed by atoms with van der Waals surface area (Å²) in [6.07, 6.45) is 1.92. The van der Waals surface area contributed by atoms with Crippen LogP contribution in [0.25, 0.3) is 0 Å². The summed E-state index contributed by atoms with van der Waals surface area (Å²) in [7, 11) is 0. The summed E-state index contributed by atoms with van der Waals surface area (Å²) in [5, 5.41) is 33.6. The van der Waals surface area contributed by atoms with Gasteiger partial charge in [-0.15, -0.1) is 23.1 Å². The number of pyridine rings is 2. The first-order chi connectivity index (χ1) is 14.0. The van der Waals surface area contributed by atoms with Crippen molar-refractivity contribution in [3.05, 3.63) is 47.4 Å². The van der Waals surface area contributed by atoms with Gasteiger partial charge in [-0.1, -0.05) is 0 Å². The van der Waals surface area contributed by atoms with Gasteiger partial charge in [-0.05, 0) is 32.0 Å². The van der Waals surface area contributed by atoms with Crippen molar-refractivity contribution in [1.82, 2.24) is 15.0 Å². The fraction of sp³-hybridized carbons (Fsp3) is 0.316. The molecule has 0 spiro atoms. The second kappa shape index (κ2) is 9.99. The minimum atomic E-state index is -1.03. The van der Waals surface area contributed by atoms with Crippen LogP contribution in [-0.2, 0) is 0 Å². The number of thioether (sulfide) groups is 1. The SMILES string of the molecule is Cc1ncccc1Oc1cc(SCC(C)O)cnc1Nc1nc(C(O)CO)cs1. The molecule has 0 fully saturated rings. The highest BCUT2D eigenvalue weighted by atomic mass is 32.2. The first-order valence-corrected chi connectivity index (χ1v) is 10.7. The Morgan fingerprint density at radius 2 is 2.10 bits per heavy atom. The Morgan fingerprint density at radius 1 is 1.28 bits per heavy atom. The van der Waals surface area contributed by atoms with Crippen molar-refractivity contribution in [1.29, 1.82) is 0 Å². The molecule has 2 atom stereocenters. The highest BCUT2D eigenvalue weighted by Crippen LogP contribution is 2.35. The van der Waals surface area contributed by atoms with Crippen molar-refractivity contribution >= 4 is 34.0 Å². The molecule has 3 aromatic rings. The quantitative estimate of drug-likeness (QED) is 0.376. The lowest BCUT2D eigenvalue weighted by molar-refractivity contribution is 0.0928. The number of aliphatic hydroxyl groups excluding tert-OH is 3. The number of thiazole rings is 1. The Labute approximate surface area is 176 Å². The number of aromatic nitrogens is 3. The number of hydrogen-bond acceptors (Lipinski definition) is 10. The summed E-state index contributed by atoms with van der Waals surface area (Å²) in [4.78, 5) is 13.8. The van der Waals surface area contributed by atoms with E-state index < -0.39 is 18.8 Å². The minimum Gasteiger partial charge on any atom is -0.452 e. The number of rotatable bonds is 9. The molecule has 10 heteroatoms. The lowest BCUT2D eigenvalue weighted by Crippen LogP contribution is -2.04. The van der Waals surface area contributed by atoms with Gasteiger partial charge in [-0.3, -0.25) is 4.98 Å². The molecule has 4 N–H and O–H groups in total. The van der Waals surface area contributed by atoms with Crippen molar-refractivity contribution in [3.63, 3.8) is 0 Å². The number of anilines is 2. The Kier molecular flexibility index (Phi) is 7.40. The molecule has 0 radical (unpaired) electrons. The summed E-state index contributed by atoms with van der Waals surface area (Å²) < 4.78 is 6.06. The predicted octanol–water partition coefficient (Wildman–Crippen LogP) is 3.28. The van der Waals surface area contributed by atoms with Crippen molar-refractivity contribution in [3.8, 4) is 11.5 Å². The van der Waals surface area contributed by atoms with Crippen LogP contribution in [0.15, 0.2) is 40.9 Å². The van der Waals surface area contributed by atoms with E-state index in [-0.39, 0.29) is 0 Å². The van der Waals surface area contributed by atoms with Crippen molar-refractivity contribution in [2.24, 2.45) is 0 Å². The fourth-order valence-corrected chi connectivity index (χ4v) is 3.79. The van der Waals surface area contributed by atoms with Crippen LogP contribution in [0.2, 0.25) is 0 Å². The van der Waals surface area contributed by atoms with Crippen LogP contribution in [-0.4, -0.2) is 48.7 Å². The zero-order chi connectivity index (χ0) is 20.8. The third-order valence-corrected chi connectivity index (χ3v) is 5.74. The third-order valence-electron chi connectivity index (χ3n) is 3.76. The number of nitrogens with one attached hydrogen (secondary N) is 1. The Hall–Kier alpha value is -2.24. The summed E-state index contributed by atoms with van der Waals surface area (Å²) in [5.74, 6) is 2.07. The molecule has 0 saturated heterocycles. The molecule has 0 saturated carbocycles. The number of aliphatic hydroxyl groups is 3. The van der Waals surface area contributed by atoms with Crippen LogP contribution in [0, 0.1) is 6.92 Å². The van der Waals surface area contributed by atoms with Gasteiger partial charge in [0.2, 0.25) is 0 Å². The lowest BCUT2D eigenvalue weighted by Gasteiger charge is -2.14. The third kappa shape index (κ3) is 5.87. The first kappa shape index (κ1) is 21.5. The molecule has 8 nitrogen and oxygen atoms in total. The van der Waals surface area contributed by atoms with E-state index in [9.17, 15) is 10.2 Å². The molecule has 3 rings (SSSR count). The molecule has 2 unspecified atom stereocenters. The Morgan fingerprint density at radius 3 is 2.83 bits per heavy atom. The second-order valence-electron chi connectivity index (χ2n) is 6.27. The van der Waals surface area contributed by atoms with E-state index in [0.29, 0.717) is 33.9 Å². The number of nitrogens with zero attached hydrogens (tertiary/aromatic N) is 3. The maximum atomic E-state index is 9.72. The maximum absolute atomic E-state index is 9.72. The van der Waals surface area contributed by atoms with Gasteiger partial charge < -0.3 is 25.4 Å². The summed E-state index contributed by atoms with van der Waals surface area (Å²) >= 11 is 2.76. The van der Waals surface area contributed by atoms with E-state index in [2.05, 4.69) is 20.3 Å². The van der Waals surface area contributed by atoms with Gasteiger partial charge in [0.15, 0.2) is 16.7 Å². The molecule has 0 aliphatic rings. The zero-order valence-electron chi connectivity index (χ0n) is 15.9. The van der Waals surface area contributed by atoms with Crippen molar-refractivity contribution in [2.75, 3.05) is 17.7 Å². The second-order valence-corrected chi connectivity index (χ2v) is 8.22. The van der Waals surface area contributed by atoms with Crippen LogP contribution in [0.5, 0.6) is 11.5 Å². The maximum Gasteiger partial charge on any atom is 0.188 e. The van der Waals surface area contributed by atoms with Gasteiger partial charge in [-0.2, -0.15) is 0 Å². The van der Waals surface area contributed by atoms with Gasteiger partial charge in [0, 0.05) is 28.4 Å². The van der Waals surface area contributed by atoms with E-state index >= 15 is 0 Å². The highest BCUT2D eigenvalue weighted by Gasteiger charge is 2.15. The number of aryl methyl sites for hydroxylation is 1. The molecule has 0 bridgehead atoms. The fourth-order valence-electron chi connectivity index (χ4n) is 2.28. The van der Waals surface area contributed by atoms with Crippen molar-refractivity contribution < 1.29 is 20.1 Å². The molecule has 0 amide bonds. The summed E-state index contributed by atoms with van der Waals surface area (Å²) in [6, 6.07) is 5.45. The summed E-state index contributed by atoms with van der Waals surface area (Å²) in [5.41, 5.74) is 1.12. The molecular weight excluding hydrogens is 412 g/mol. The molecule has 154 valence electrons. The lowest BCUT2D eigenvalue weighted by atomic mass is 10.3. The zero-order valence-corrected chi connectivity index (χ0v) is 17.6. The van der Waals surface area contributed by atoms with Gasteiger partial charge >= 0.3 is 0 Å². The molecule has 0 aliphatic carbocycles. The highest BCUT2D eigenvalue weighted by molar-refractivity contribution is 7.99. The molecule has 0 aliphatic heterocycles. The smallest absolute Gasteiger partial charge is 0.188 e. The normalized spacial score (nSPS) is 13.1. The van der Waals surface area contributed by atoms with Crippen molar-refractivity contribution in [2.45, 2.75) is 31.0 Å². The average molecular weight is 435 g/mol. The average Bonchev–Trinajstić information content (AvgIpc) is 3.17. The molecule has 0 aromatic carbocycles. The minimum absolute atomic E-state index is 0.384. The van der Waals surface area contributed by atoms with Crippen LogP contribution < -0.4 is 10.1 Å². The van der Waals surface area contributed by atoms with Crippen LogP contribution in [0.3, 0.4) is 0 Å². The van der Waals surface area contributed by atoms with Gasteiger partial charge in [0.05, 0.1) is 24.1 Å². The largest absolute Gasteiger partial charge is 0.452 e. The van der Waals surface area contributed by atoms with Gasteiger partial charge in [0.25, 0.3) is 0 Å². The molecular formula is C19H22N4O4S2. The topological polar surface area (TPSA) is 121 Å². The molecule has 29 heavy (non-hydrogen) atoms. The Balaban J connectivity index is 1.88. The predicted molar refractivity (Wildman–Crippen MR) is 113 cm³/mol. The number of hydrogen-bond donors (Lipinski definition) is 4. The van der Waals surface area contributed by atoms with Crippen LogP contribution >= 0.6 is 23.1 Å². The molecule has 3 aromatic heterocycles. The van der Waals surface area contributed by atoms with E-state index in [1.807, 2.05) is 19.1 Å². The van der Waals surface area contributed by atoms with E-state index in [1.165, 1.54) is 23.1 Å². The van der Waals surface area contributed by atoms with E-state index in [0.717, 1.165) is 10.6 Å². The molecule has 3 heterocycles. The van der Waals surface area contributed by atoms with Crippen LogP contribution in [0.1, 0.15) is 24.4 Å². The van der Waals surface area contributed by atoms with Gasteiger partial charge in [-0.25, -0.2) is 9.97 Å². The Bertz CT molecular complexity index is 951. The number of ether oxygens (including phenoxy) is 1.